The summed E-state index contributed by atoms with van der Waals surface area (Å²) in [5.74, 6) is 0.755. The molecule has 5 rings (SSSR count). The van der Waals surface area contributed by atoms with Crippen LogP contribution >= 0.6 is 11.3 Å². The van der Waals surface area contributed by atoms with Gasteiger partial charge in [0.25, 0.3) is 0 Å². The number of halogens is 1. The van der Waals surface area contributed by atoms with Crippen LogP contribution < -0.4 is 10.6 Å². The molecular weight excluding hydrogens is 433 g/mol. The van der Waals surface area contributed by atoms with E-state index in [2.05, 4.69) is 34.7 Å². The molecule has 0 saturated carbocycles. The van der Waals surface area contributed by atoms with E-state index < -0.39 is 0 Å². The second-order valence-electron chi connectivity index (χ2n) is 8.30. The van der Waals surface area contributed by atoms with Gasteiger partial charge >= 0.3 is 0 Å². The number of aromatic nitrogens is 3. The number of anilines is 1. The topological polar surface area (TPSA) is 62.7 Å². The molecule has 7 heteroatoms. The van der Waals surface area contributed by atoms with Crippen LogP contribution in [0.5, 0.6) is 0 Å². The summed E-state index contributed by atoms with van der Waals surface area (Å²) in [5.41, 5.74) is 3.75. The van der Waals surface area contributed by atoms with Crippen molar-refractivity contribution in [2.24, 2.45) is 0 Å². The van der Waals surface area contributed by atoms with Crippen molar-refractivity contribution in [3.05, 3.63) is 83.2 Å². The first-order valence-electron chi connectivity index (χ1n) is 11.3. The average Bonchev–Trinajstić information content (AvgIpc) is 3.31. The standard InChI is InChI=1S/C26H26FN5S/c1-17(18-5-3-2-4-6-18)30-26-29-16-13-22(31-26)24-23(19-7-9-21(27)10-8-19)32-25(33-24)20-11-14-28-15-12-20/h2-10,13,16-17,20,28H,11-12,14-15H2,1H3,(H,29,30,31)/t17-/m0/s1. The van der Waals surface area contributed by atoms with Gasteiger partial charge in [-0.15, -0.1) is 11.3 Å². The van der Waals surface area contributed by atoms with Crippen LogP contribution in [-0.4, -0.2) is 28.0 Å². The highest BCUT2D eigenvalue weighted by atomic mass is 32.1. The molecule has 168 valence electrons. The number of rotatable bonds is 6. The van der Waals surface area contributed by atoms with Crippen molar-refractivity contribution >= 4 is 17.3 Å². The van der Waals surface area contributed by atoms with Gasteiger partial charge in [0.05, 0.1) is 27.3 Å². The molecule has 1 aliphatic heterocycles. The Morgan fingerprint density at radius 2 is 1.76 bits per heavy atom. The van der Waals surface area contributed by atoms with Crippen LogP contribution in [0.15, 0.2) is 66.9 Å². The number of benzene rings is 2. The summed E-state index contributed by atoms with van der Waals surface area (Å²) in [7, 11) is 0. The van der Waals surface area contributed by atoms with E-state index >= 15 is 0 Å². The van der Waals surface area contributed by atoms with E-state index in [4.69, 9.17) is 9.97 Å². The summed E-state index contributed by atoms with van der Waals surface area (Å²) >= 11 is 1.69. The molecule has 0 radical (unpaired) electrons. The SMILES string of the molecule is C[C@H](Nc1nccc(-c2sc(C3CCNCC3)nc2-c2ccc(F)cc2)n1)c1ccccc1. The maximum Gasteiger partial charge on any atom is 0.223 e. The zero-order valence-corrected chi connectivity index (χ0v) is 19.3. The second-order valence-corrected chi connectivity index (χ2v) is 9.33. The van der Waals surface area contributed by atoms with Gasteiger partial charge in [0, 0.05) is 17.7 Å². The summed E-state index contributed by atoms with van der Waals surface area (Å²) in [5, 5.41) is 7.95. The van der Waals surface area contributed by atoms with E-state index in [1.54, 1.807) is 29.7 Å². The third-order valence-corrected chi connectivity index (χ3v) is 7.22. The van der Waals surface area contributed by atoms with Crippen LogP contribution in [0.2, 0.25) is 0 Å². The number of piperidine rings is 1. The first-order valence-corrected chi connectivity index (χ1v) is 12.1. The maximum atomic E-state index is 13.6. The lowest BCUT2D eigenvalue weighted by Crippen LogP contribution is -2.26. The Morgan fingerprint density at radius 1 is 1.00 bits per heavy atom. The minimum atomic E-state index is -0.252. The van der Waals surface area contributed by atoms with Crippen molar-refractivity contribution in [2.45, 2.75) is 31.7 Å². The van der Waals surface area contributed by atoms with Gasteiger partial charge in [-0.25, -0.2) is 19.3 Å². The number of nitrogens with one attached hydrogen (secondary N) is 2. The molecule has 0 aliphatic carbocycles. The van der Waals surface area contributed by atoms with Crippen molar-refractivity contribution in [3.63, 3.8) is 0 Å². The van der Waals surface area contributed by atoms with Gasteiger partial charge in [-0.1, -0.05) is 30.3 Å². The van der Waals surface area contributed by atoms with E-state index in [0.29, 0.717) is 11.9 Å². The first-order chi connectivity index (χ1) is 16.2. The Balaban J connectivity index is 1.50. The molecule has 33 heavy (non-hydrogen) atoms. The van der Waals surface area contributed by atoms with E-state index in [1.807, 2.05) is 24.3 Å². The van der Waals surface area contributed by atoms with E-state index in [-0.39, 0.29) is 11.9 Å². The molecule has 5 nitrogen and oxygen atoms in total. The molecule has 3 heterocycles. The molecule has 1 aliphatic rings. The van der Waals surface area contributed by atoms with Crippen LogP contribution in [-0.2, 0) is 0 Å². The Bertz CT molecular complexity index is 1200. The molecule has 2 aromatic carbocycles. The van der Waals surface area contributed by atoms with Gasteiger partial charge in [0.15, 0.2) is 0 Å². The number of thiazole rings is 1. The Kier molecular flexibility index (Phi) is 6.41. The predicted octanol–water partition coefficient (Wildman–Crippen LogP) is 6.05. The largest absolute Gasteiger partial charge is 0.348 e. The van der Waals surface area contributed by atoms with Crippen molar-refractivity contribution in [2.75, 3.05) is 18.4 Å². The lowest BCUT2D eigenvalue weighted by Gasteiger charge is -2.20. The van der Waals surface area contributed by atoms with Gasteiger partial charge in [-0.3, -0.25) is 0 Å². The van der Waals surface area contributed by atoms with Crippen molar-refractivity contribution in [1.29, 1.82) is 0 Å². The number of hydrogen-bond acceptors (Lipinski definition) is 6. The second kappa shape index (κ2) is 9.77. The van der Waals surface area contributed by atoms with E-state index in [0.717, 1.165) is 52.8 Å². The van der Waals surface area contributed by atoms with Crippen molar-refractivity contribution < 1.29 is 4.39 Å². The van der Waals surface area contributed by atoms with Crippen LogP contribution in [0.1, 0.15) is 42.3 Å². The molecule has 1 atom stereocenters. The summed E-state index contributed by atoms with van der Waals surface area (Å²) in [6.07, 6.45) is 3.92. The minimum Gasteiger partial charge on any atom is -0.348 e. The zero-order valence-electron chi connectivity index (χ0n) is 18.5. The molecule has 1 saturated heterocycles. The highest BCUT2D eigenvalue weighted by molar-refractivity contribution is 7.15. The van der Waals surface area contributed by atoms with Gasteiger partial charge in [-0.2, -0.15) is 0 Å². The van der Waals surface area contributed by atoms with Crippen LogP contribution in [0.25, 0.3) is 21.8 Å². The molecule has 2 aromatic heterocycles. The summed E-state index contributed by atoms with van der Waals surface area (Å²) in [6, 6.07) is 18.8. The molecule has 0 amide bonds. The van der Waals surface area contributed by atoms with Crippen LogP contribution in [0, 0.1) is 5.82 Å². The van der Waals surface area contributed by atoms with Crippen molar-refractivity contribution in [1.82, 2.24) is 20.3 Å². The van der Waals surface area contributed by atoms with Crippen LogP contribution in [0.3, 0.4) is 0 Å². The molecule has 2 N–H and O–H groups in total. The fraction of sp³-hybridized carbons (Fsp3) is 0.269. The quantitative estimate of drug-likeness (QED) is 0.368. The van der Waals surface area contributed by atoms with Gasteiger partial charge in [0.1, 0.15) is 5.82 Å². The number of hydrogen-bond donors (Lipinski definition) is 2. The predicted molar refractivity (Wildman–Crippen MR) is 132 cm³/mol. The lowest BCUT2D eigenvalue weighted by atomic mass is 9.99. The van der Waals surface area contributed by atoms with Crippen molar-refractivity contribution in [3.8, 4) is 21.8 Å². The maximum absolute atomic E-state index is 13.6. The fourth-order valence-electron chi connectivity index (χ4n) is 4.13. The highest BCUT2D eigenvalue weighted by Crippen LogP contribution is 2.40. The van der Waals surface area contributed by atoms with Gasteiger partial charge in [-0.05, 0) is 68.8 Å². The smallest absolute Gasteiger partial charge is 0.223 e. The Labute approximate surface area is 197 Å². The van der Waals surface area contributed by atoms with Crippen LogP contribution in [0.4, 0.5) is 10.3 Å². The summed E-state index contributed by atoms with van der Waals surface area (Å²) in [6.45, 7) is 4.10. The molecule has 4 aromatic rings. The summed E-state index contributed by atoms with van der Waals surface area (Å²) in [4.78, 5) is 15.3. The molecule has 0 unspecified atom stereocenters. The number of nitrogens with zero attached hydrogens (tertiary/aromatic N) is 3. The van der Waals surface area contributed by atoms with E-state index in [1.165, 1.54) is 17.7 Å². The molecule has 0 bridgehead atoms. The van der Waals surface area contributed by atoms with Gasteiger partial charge < -0.3 is 10.6 Å². The van der Waals surface area contributed by atoms with Gasteiger partial charge in [0.2, 0.25) is 5.95 Å². The highest BCUT2D eigenvalue weighted by Gasteiger charge is 2.23. The zero-order chi connectivity index (χ0) is 22.6. The lowest BCUT2D eigenvalue weighted by molar-refractivity contribution is 0.459. The minimum absolute atomic E-state index is 0.0739. The first kappa shape index (κ1) is 21.7. The van der Waals surface area contributed by atoms with E-state index in [9.17, 15) is 4.39 Å². The molecule has 1 fully saturated rings. The normalized spacial score (nSPS) is 15.3. The fourth-order valence-corrected chi connectivity index (χ4v) is 5.36. The monoisotopic (exact) mass is 459 g/mol. The molecular formula is C26H26FN5S. The third-order valence-electron chi connectivity index (χ3n) is 5.98. The Morgan fingerprint density at radius 3 is 2.52 bits per heavy atom. The average molecular weight is 460 g/mol. The summed E-state index contributed by atoms with van der Waals surface area (Å²) < 4.78 is 13.6. The Hall–Kier alpha value is -3.16. The molecule has 0 spiro atoms. The third kappa shape index (κ3) is 4.94.